The number of nitrogens with one attached hydrogen (secondary N) is 2. The first kappa shape index (κ1) is 15.5. The molecule has 0 saturated carbocycles. The zero-order valence-corrected chi connectivity index (χ0v) is 13.2. The molecule has 6 heteroatoms. The molecule has 5 nitrogen and oxygen atoms in total. The topological polar surface area (TPSA) is 75.9 Å². The molecule has 0 atom stereocenters. The van der Waals surface area contributed by atoms with E-state index in [9.17, 15) is 0 Å². The first-order valence-electron chi connectivity index (χ1n) is 6.84. The highest BCUT2D eigenvalue weighted by molar-refractivity contribution is 6.30. The molecule has 1 aromatic heterocycles. The van der Waals surface area contributed by atoms with Gasteiger partial charge in [-0.25, -0.2) is 15.8 Å². The highest BCUT2D eigenvalue weighted by Crippen LogP contribution is 2.23. The lowest BCUT2D eigenvalue weighted by molar-refractivity contribution is 0.772. The van der Waals surface area contributed by atoms with E-state index in [2.05, 4.69) is 20.7 Å². The highest BCUT2D eigenvalue weighted by atomic mass is 35.5. The number of halogens is 1. The van der Waals surface area contributed by atoms with Gasteiger partial charge >= 0.3 is 0 Å². The summed E-state index contributed by atoms with van der Waals surface area (Å²) in [6, 6.07) is 7.73. The Labute approximate surface area is 129 Å². The van der Waals surface area contributed by atoms with Gasteiger partial charge in [0.1, 0.15) is 17.5 Å². The molecular formula is C15H20ClN5. The second kappa shape index (κ2) is 6.74. The molecule has 0 spiro atoms. The van der Waals surface area contributed by atoms with Crippen LogP contribution in [0.25, 0.3) is 0 Å². The Morgan fingerprint density at radius 2 is 1.95 bits per heavy atom. The molecule has 4 N–H and O–H groups in total. The number of hydrogen-bond donors (Lipinski definition) is 3. The number of benzene rings is 1. The van der Waals surface area contributed by atoms with Gasteiger partial charge in [-0.05, 0) is 24.6 Å². The summed E-state index contributed by atoms with van der Waals surface area (Å²) >= 11 is 5.99. The van der Waals surface area contributed by atoms with Crippen molar-refractivity contribution in [1.82, 2.24) is 9.97 Å². The summed E-state index contributed by atoms with van der Waals surface area (Å²) in [5.74, 6) is 7.93. The molecule has 112 valence electrons. The van der Waals surface area contributed by atoms with E-state index >= 15 is 0 Å². The van der Waals surface area contributed by atoms with Gasteiger partial charge in [0.05, 0.1) is 0 Å². The molecule has 1 aromatic carbocycles. The third-order valence-electron chi connectivity index (χ3n) is 3.17. The fourth-order valence-corrected chi connectivity index (χ4v) is 2.15. The Morgan fingerprint density at radius 1 is 1.24 bits per heavy atom. The Hall–Kier alpha value is -1.85. The number of nitrogens with two attached hydrogens (primary N) is 1. The van der Waals surface area contributed by atoms with Crippen LogP contribution >= 0.6 is 11.6 Å². The molecule has 0 radical (unpaired) electrons. The molecule has 0 saturated heterocycles. The van der Waals surface area contributed by atoms with Gasteiger partial charge in [0, 0.05) is 23.0 Å². The van der Waals surface area contributed by atoms with E-state index in [-0.39, 0.29) is 5.92 Å². The molecule has 0 aliphatic rings. The average Bonchev–Trinajstić information content (AvgIpc) is 2.46. The summed E-state index contributed by atoms with van der Waals surface area (Å²) in [6.45, 7) is 6.66. The quantitative estimate of drug-likeness (QED) is 0.582. The van der Waals surface area contributed by atoms with Gasteiger partial charge in [0.2, 0.25) is 0 Å². The lowest BCUT2D eigenvalue weighted by Gasteiger charge is -2.15. The Balaban J connectivity index is 2.24. The first-order valence-corrected chi connectivity index (χ1v) is 7.22. The monoisotopic (exact) mass is 305 g/mol. The fourth-order valence-electron chi connectivity index (χ4n) is 1.94. The molecule has 0 bridgehead atoms. The maximum absolute atomic E-state index is 5.99. The Bertz CT molecular complexity index is 627. The van der Waals surface area contributed by atoms with Crippen LogP contribution in [0.4, 0.5) is 11.6 Å². The number of hydrogen-bond acceptors (Lipinski definition) is 5. The molecule has 2 rings (SSSR count). The summed E-state index contributed by atoms with van der Waals surface area (Å²) in [7, 11) is 0. The van der Waals surface area contributed by atoms with Crippen molar-refractivity contribution in [1.29, 1.82) is 0 Å². The molecule has 0 unspecified atom stereocenters. The number of nitrogen functional groups attached to an aromatic ring is 1. The average molecular weight is 306 g/mol. The molecule has 21 heavy (non-hydrogen) atoms. The molecular weight excluding hydrogens is 286 g/mol. The smallest absolute Gasteiger partial charge is 0.148 e. The second-order valence-corrected chi connectivity index (χ2v) is 5.62. The Kier molecular flexibility index (Phi) is 4.98. The zero-order valence-electron chi connectivity index (χ0n) is 12.4. The van der Waals surface area contributed by atoms with E-state index in [4.69, 9.17) is 17.4 Å². The van der Waals surface area contributed by atoms with Crippen LogP contribution in [-0.2, 0) is 6.54 Å². The summed E-state index contributed by atoms with van der Waals surface area (Å²) < 4.78 is 0. The summed E-state index contributed by atoms with van der Waals surface area (Å²) in [5, 5.41) is 4.04. The minimum atomic E-state index is 0.226. The van der Waals surface area contributed by atoms with Crippen molar-refractivity contribution in [2.45, 2.75) is 33.2 Å². The maximum atomic E-state index is 5.99. The molecule has 0 aliphatic heterocycles. The van der Waals surface area contributed by atoms with Gasteiger partial charge in [-0.3, -0.25) is 0 Å². The normalized spacial score (nSPS) is 10.8. The first-order chi connectivity index (χ1) is 10.0. The van der Waals surface area contributed by atoms with E-state index < -0.39 is 0 Å². The number of anilines is 2. The standard InChI is InChI=1S/C15H20ClN5/c1-9(2)13-19-14(10(3)15(20-13)21-17)18-8-11-5-4-6-12(16)7-11/h4-7,9H,8,17H2,1-3H3,(H2,18,19,20,21). The third kappa shape index (κ3) is 3.83. The Morgan fingerprint density at radius 3 is 2.57 bits per heavy atom. The molecule has 0 aliphatic carbocycles. The predicted molar refractivity (Wildman–Crippen MR) is 87.4 cm³/mol. The molecule has 2 aromatic rings. The van der Waals surface area contributed by atoms with Gasteiger partial charge in [-0.2, -0.15) is 0 Å². The summed E-state index contributed by atoms with van der Waals surface area (Å²) in [4.78, 5) is 8.98. The van der Waals surface area contributed by atoms with Crippen LogP contribution in [0.1, 0.15) is 36.7 Å². The zero-order chi connectivity index (χ0) is 15.4. The predicted octanol–water partition coefficient (Wildman–Crippen LogP) is 3.46. The van der Waals surface area contributed by atoms with Crippen molar-refractivity contribution in [2.75, 3.05) is 10.7 Å². The van der Waals surface area contributed by atoms with Crippen molar-refractivity contribution in [2.24, 2.45) is 5.84 Å². The van der Waals surface area contributed by atoms with Crippen molar-refractivity contribution in [3.63, 3.8) is 0 Å². The molecule has 0 amide bonds. The van der Waals surface area contributed by atoms with Crippen LogP contribution < -0.4 is 16.6 Å². The minimum absolute atomic E-state index is 0.226. The third-order valence-corrected chi connectivity index (χ3v) is 3.40. The van der Waals surface area contributed by atoms with Gasteiger partial charge in [-0.15, -0.1) is 0 Å². The van der Waals surface area contributed by atoms with Crippen molar-refractivity contribution in [3.8, 4) is 0 Å². The van der Waals surface area contributed by atoms with E-state index in [1.165, 1.54) is 0 Å². The highest BCUT2D eigenvalue weighted by Gasteiger charge is 2.12. The van der Waals surface area contributed by atoms with Crippen LogP contribution in [0.2, 0.25) is 5.02 Å². The van der Waals surface area contributed by atoms with Crippen LogP contribution in [-0.4, -0.2) is 9.97 Å². The number of hydrazine groups is 1. The van der Waals surface area contributed by atoms with E-state index in [1.54, 1.807) is 0 Å². The molecule has 0 fully saturated rings. The maximum Gasteiger partial charge on any atom is 0.148 e. The second-order valence-electron chi connectivity index (χ2n) is 5.19. The number of nitrogens with zero attached hydrogens (tertiary/aromatic N) is 2. The SMILES string of the molecule is Cc1c(NN)nc(C(C)C)nc1NCc1cccc(Cl)c1. The lowest BCUT2D eigenvalue weighted by atomic mass is 10.2. The summed E-state index contributed by atoms with van der Waals surface area (Å²) in [5.41, 5.74) is 4.61. The van der Waals surface area contributed by atoms with Crippen molar-refractivity contribution >= 4 is 23.2 Å². The largest absolute Gasteiger partial charge is 0.366 e. The van der Waals surface area contributed by atoms with Crippen LogP contribution in [0, 0.1) is 6.92 Å². The fraction of sp³-hybridized carbons (Fsp3) is 0.333. The van der Waals surface area contributed by atoms with E-state index in [0.717, 1.165) is 27.8 Å². The van der Waals surface area contributed by atoms with Crippen LogP contribution in [0.3, 0.4) is 0 Å². The molecule has 1 heterocycles. The van der Waals surface area contributed by atoms with E-state index in [0.29, 0.717) is 12.4 Å². The number of aromatic nitrogens is 2. The van der Waals surface area contributed by atoms with Crippen LogP contribution in [0.5, 0.6) is 0 Å². The number of rotatable bonds is 5. The minimum Gasteiger partial charge on any atom is -0.366 e. The van der Waals surface area contributed by atoms with Gasteiger partial charge in [0.25, 0.3) is 0 Å². The van der Waals surface area contributed by atoms with Crippen molar-refractivity contribution < 1.29 is 0 Å². The van der Waals surface area contributed by atoms with Gasteiger partial charge in [-0.1, -0.05) is 37.6 Å². The van der Waals surface area contributed by atoms with Gasteiger partial charge < -0.3 is 10.7 Å². The van der Waals surface area contributed by atoms with Crippen molar-refractivity contribution in [3.05, 3.63) is 46.2 Å². The van der Waals surface area contributed by atoms with E-state index in [1.807, 2.05) is 45.0 Å². The van der Waals surface area contributed by atoms with Gasteiger partial charge in [0.15, 0.2) is 0 Å². The summed E-state index contributed by atoms with van der Waals surface area (Å²) in [6.07, 6.45) is 0. The lowest BCUT2D eigenvalue weighted by Crippen LogP contribution is -2.15. The van der Waals surface area contributed by atoms with Crippen LogP contribution in [0.15, 0.2) is 24.3 Å².